The van der Waals surface area contributed by atoms with Gasteiger partial charge in [0.1, 0.15) is 6.61 Å². The summed E-state index contributed by atoms with van der Waals surface area (Å²) in [5, 5.41) is 5.45. The number of amides is 1. The number of rotatable bonds is 2. The highest BCUT2D eigenvalue weighted by atomic mass is 16.6. The zero-order valence-corrected chi connectivity index (χ0v) is 10.5. The lowest BCUT2D eigenvalue weighted by molar-refractivity contribution is 0.0905. The van der Waals surface area contributed by atoms with Crippen LogP contribution in [0.25, 0.3) is 0 Å². The van der Waals surface area contributed by atoms with Gasteiger partial charge in [0.25, 0.3) is 0 Å². The van der Waals surface area contributed by atoms with Crippen LogP contribution < -0.4 is 0 Å². The van der Waals surface area contributed by atoms with Gasteiger partial charge in [-0.1, -0.05) is 17.7 Å². The maximum Gasteiger partial charge on any atom is 0.430 e. The molecule has 0 spiro atoms. The maximum atomic E-state index is 11.6. The van der Waals surface area contributed by atoms with E-state index in [1.54, 1.807) is 6.92 Å². The summed E-state index contributed by atoms with van der Waals surface area (Å²) in [5.74, 6) is 0.453. The van der Waals surface area contributed by atoms with E-state index in [2.05, 4.69) is 5.10 Å². The summed E-state index contributed by atoms with van der Waals surface area (Å²) in [4.78, 5) is 11.6. The molecule has 96 valence electrons. The zero-order chi connectivity index (χ0) is 13.0. The van der Waals surface area contributed by atoms with Crippen molar-refractivity contribution in [2.45, 2.75) is 13.8 Å². The van der Waals surface area contributed by atoms with Crippen molar-refractivity contribution in [3.05, 3.63) is 35.4 Å². The molecule has 0 radical (unpaired) electrons. The molecule has 1 heterocycles. The molecule has 0 aromatic heterocycles. The minimum atomic E-state index is -0.439. The monoisotopic (exact) mass is 248 g/mol. The molecule has 0 unspecified atom stereocenters. The molecule has 5 heteroatoms. The highest BCUT2D eigenvalue weighted by Gasteiger charge is 2.20. The third-order valence-electron chi connectivity index (χ3n) is 2.53. The van der Waals surface area contributed by atoms with Crippen molar-refractivity contribution in [1.82, 2.24) is 5.01 Å². The summed E-state index contributed by atoms with van der Waals surface area (Å²) in [6.07, 6.45) is -0.439. The highest BCUT2D eigenvalue weighted by molar-refractivity contribution is 5.95. The number of carbonyl (C=O) groups excluding carboxylic acids is 1. The van der Waals surface area contributed by atoms with Crippen LogP contribution in [-0.2, 0) is 9.47 Å². The molecule has 0 saturated heterocycles. The average Bonchev–Trinajstić information content (AvgIpc) is 2.40. The summed E-state index contributed by atoms with van der Waals surface area (Å²) in [5.41, 5.74) is 2.02. The summed E-state index contributed by atoms with van der Waals surface area (Å²) < 4.78 is 10.4. The molecule has 0 atom stereocenters. The smallest absolute Gasteiger partial charge is 0.430 e. The maximum absolute atomic E-state index is 11.6. The van der Waals surface area contributed by atoms with Crippen molar-refractivity contribution in [1.29, 1.82) is 0 Å². The molecule has 0 aliphatic carbocycles. The first kappa shape index (κ1) is 12.4. The Hall–Kier alpha value is -2.04. The normalized spacial score (nSPS) is 14.8. The van der Waals surface area contributed by atoms with E-state index >= 15 is 0 Å². The molecule has 0 N–H and O–H groups in total. The molecule has 1 aliphatic rings. The first-order chi connectivity index (χ1) is 8.70. The molecule has 2 rings (SSSR count). The molecule has 18 heavy (non-hydrogen) atoms. The fourth-order valence-corrected chi connectivity index (χ4v) is 1.58. The molecule has 1 amide bonds. The van der Waals surface area contributed by atoms with Crippen LogP contribution in [0.5, 0.6) is 0 Å². The Morgan fingerprint density at radius 3 is 2.83 bits per heavy atom. The second-order valence-electron chi connectivity index (χ2n) is 3.94. The molecular formula is C13H16N2O3. The Morgan fingerprint density at radius 2 is 2.17 bits per heavy atom. The van der Waals surface area contributed by atoms with Gasteiger partial charge in [-0.3, -0.25) is 0 Å². The number of aryl methyl sites for hydroxylation is 1. The number of carbonyl (C=O) groups is 1. The van der Waals surface area contributed by atoms with E-state index in [-0.39, 0.29) is 0 Å². The number of hydrazone groups is 1. The molecular weight excluding hydrogens is 232 g/mol. The molecule has 5 nitrogen and oxygen atoms in total. The number of ether oxygens (including phenoxy) is 2. The number of hydrogen-bond donors (Lipinski definition) is 0. The van der Waals surface area contributed by atoms with Gasteiger partial charge in [0.05, 0.1) is 13.2 Å². The molecule has 0 saturated carbocycles. The Balaban J connectivity index is 2.17. The number of hydrogen-bond acceptors (Lipinski definition) is 4. The lowest BCUT2D eigenvalue weighted by Crippen LogP contribution is -2.36. The predicted octanol–water partition coefficient (Wildman–Crippen LogP) is 2.15. The van der Waals surface area contributed by atoms with E-state index in [0.717, 1.165) is 11.1 Å². The largest absolute Gasteiger partial charge is 0.474 e. The van der Waals surface area contributed by atoms with E-state index in [4.69, 9.17) is 9.47 Å². The van der Waals surface area contributed by atoms with Gasteiger partial charge in [-0.15, -0.1) is 5.10 Å². The third-order valence-corrected chi connectivity index (χ3v) is 2.53. The number of benzene rings is 1. The molecule has 1 aromatic rings. The molecule has 0 fully saturated rings. The van der Waals surface area contributed by atoms with Gasteiger partial charge in [0.2, 0.25) is 5.90 Å². The van der Waals surface area contributed by atoms with E-state index in [0.29, 0.717) is 25.7 Å². The lowest BCUT2D eigenvalue weighted by atomic mass is 10.1. The summed E-state index contributed by atoms with van der Waals surface area (Å²) in [7, 11) is 0. The van der Waals surface area contributed by atoms with Gasteiger partial charge >= 0.3 is 6.09 Å². The van der Waals surface area contributed by atoms with E-state index < -0.39 is 6.09 Å². The Labute approximate surface area is 106 Å². The summed E-state index contributed by atoms with van der Waals surface area (Å²) in [6, 6.07) is 7.79. The second kappa shape index (κ2) is 5.53. The quantitative estimate of drug-likeness (QED) is 0.805. The Kier molecular flexibility index (Phi) is 3.82. The van der Waals surface area contributed by atoms with Gasteiger partial charge in [-0.25, -0.2) is 4.79 Å². The predicted molar refractivity (Wildman–Crippen MR) is 67.4 cm³/mol. The Morgan fingerprint density at radius 1 is 1.44 bits per heavy atom. The minimum absolute atomic E-state index is 0.339. The van der Waals surface area contributed by atoms with Gasteiger partial charge < -0.3 is 9.47 Å². The van der Waals surface area contributed by atoms with E-state index in [1.807, 2.05) is 31.2 Å². The van der Waals surface area contributed by atoms with Gasteiger partial charge in [-0.05, 0) is 26.0 Å². The van der Waals surface area contributed by atoms with Gasteiger partial charge in [-0.2, -0.15) is 5.01 Å². The summed E-state index contributed by atoms with van der Waals surface area (Å²) >= 11 is 0. The standard InChI is InChI=1S/C13H16N2O3/c1-3-17-13(16)15-8-9-18-12(14-15)11-6-4-10(2)5-7-11/h4-7H,3,8-9H2,1-2H3. The van der Waals surface area contributed by atoms with Crippen LogP contribution in [0, 0.1) is 6.92 Å². The zero-order valence-electron chi connectivity index (χ0n) is 10.5. The van der Waals surface area contributed by atoms with Crippen molar-refractivity contribution in [2.24, 2.45) is 5.10 Å². The van der Waals surface area contributed by atoms with Crippen LogP contribution in [0.4, 0.5) is 4.79 Å². The van der Waals surface area contributed by atoms with Crippen LogP contribution >= 0.6 is 0 Å². The van der Waals surface area contributed by atoms with Crippen molar-refractivity contribution < 1.29 is 14.3 Å². The topological polar surface area (TPSA) is 51.1 Å². The first-order valence-corrected chi connectivity index (χ1v) is 5.93. The van der Waals surface area contributed by atoms with E-state index in [1.165, 1.54) is 5.01 Å². The van der Waals surface area contributed by atoms with Crippen LogP contribution in [-0.4, -0.2) is 36.8 Å². The fraction of sp³-hybridized carbons (Fsp3) is 0.385. The summed E-state index contributed by atoms with van der Waals surface area (Å²) in [6.45, 7) is 4.95. The van der Waals surface area contributed by atoms with Crippen LogP contribution in [0.3, 0.4) is 0 Å². The SMILES string of the molecule is CCOC(=O)N1CCOC(c2ccc(C)cc2)=N1. The molecule has 0 bridgehead atoms. The molecule has 1 aromatic carbocycles. The fourth-order valence-electron chi connectivity index (χ4n) is 1.58. The first-order valence-electron chi connectivity index (χ1n) is 5.93. The van der Waals surface area contributed by atoms with Crippen LogP contribution in [0.2, 0.25) is 0 Å². The number of nitrogens with zero attached hydrogens (tertiary/aromatic N) is 2. The van der Waals surface area contributed by atoms with Crippen LogP contribution in [0.15, 0.2) is 29.4 Å². The minimum Gasteiger partial charge on any atom is -0.474 e. The third kappa shape index (κ3) is 2.80. The van der Waals surface area contributed by atoms with Gasteiger partial charge in [0.15, 0.2) is 0 Å². The van der Waals surface area contributed by atoms with Gasteiger partial charge in [0, 0.05) is 5.56 Å². The van der Waals surface area contributed by atoms with Crippen molar-refractivity contribution >= 4 is 12.0 Å². The second-order valence-corrected chi connectivity index (χ2v) is 3.94. The Bertz CT molecular complexity index is 454. The average molecular weight is 248 g/mol. The van der Waals surface area contributed by atoms with Crippen LogP contribution in [0.1, 0.15) is 18.1 Å². The van der Waals surface area contributed by atoms with Crippen molar-refractivity contribution in [2.75, 3.05) is 19.8 Å². The molecule has 1 aliphatic heterocycles. The highest BCUT2D eigenvalue weighted by Crippen LogP contribution is 2.11. The van der Waals surface area contributed by atoms with Crippen molar-refractivity contribution in [3.8, 4) is 0 Å². The lowest BCUT2D eigenvalue weighted by Gasteiger charge is -2.23. The van der Waals surface area contributed by atoms with Crippen molar-refractivity contribution in [3.63, 3.8) is 0 Å². The van der Waals surface area contributed by atoms with E-state index in [9.17, 15) is 4.79 Å².